The molecule has 0 atom stereocenters. The maximum atomic E-state index is 12.7. The van der Waals surface area contributed by atoms with Gasteiger partial charge in [-0.3, -0.25) is 14.3 Å². The number of sulfonamides is 1. The highest BCUT2D eigenvalue weighted by Crippen LogP contribution is 2.20. The SMILES string of the molecule is CCOC(=O)CN(C)C(=O)c1cc(S(=O)(=O)Nc2ccc(C)cc2)ccc1C. The number of hydrogen-bond donors (Lipinski definition) is 1. The summed E-state index contributed by atoms with van der Waals surface area (Å²) in [6.45, 7) is 5.29. The van der Waals surface area contributed by atoms with Gasteiger partial charge < -0.3 is 9.64 Å². The van der Waals surface area contributed by atoms with E-state index in [-0.39, 0.29) is 23.6 Å². The van der Waals surface area contributed by atoms with E-state index in [1.54, 1.807) is 44.2 Å². The van der Waals surface area contributed by atoms with Crippen LogP contribution in [0.15, 0.2) is 47.4 Å². The maximum Gasteiger partial charge on any atom is 0.325 e. The zero-order chi connectivity index (χ0) is 20.9. The number of nitrogens with zero attached hydrogens (tertiary/aromatic N) is 1. The highest BCUT2D eigenvalue weighted by molar-refractivity contribution is 7.92. The minimum absolute atomic E-state index is 0.0356. The number of likely N-dealkylation sites (N-methyl/N-ethyl adjacent to an activating group) is 1. The molecule has 8 heteroatoms. The first-order valence-corrected chi connectivity index (χ1v) is 10.2. The van der Waals surface area contributed by atoms with Crippen molar-refractivity contribution in [2.45, 2.75) is 25.7 Å². The van der Waals surface area contributed by atoms with Crippen molar-refractivity contribution in [3.63, 3.8) is 0 Å². The van der Waals surface area contributed by atoms with Crippen LogP contribution in [0.25, 0.3) is 0 Å². The minimum atomic E-state index is -3.87. The van der Waals surface area contributed by atoms with Gasteiger partial charge in [-0.25, -0.2) is 8.42 Å². The van der Waals surface area contributed by atoms with Crippen LogP contribution in [-0.2, 0) is 19.6 Å². The van der Waals surface area contributed by atoms with E-state index in [4.69, 9.17) is 4.74 Å². The number of carbonyl (C=O) groups excluding carboxylic acids is 2. The third-order valence-corrected chi connectivity index (χ3v) is 5.45. The molecule has 7 nitrogen and oxygen atoms in total. The van der Waals surface area contributed by atoms with Crippen molar-refractivity contribution < 1.29 is 22.7 Å². The molecule has 2 rings (SSSR count). The number of nitrogens with one attached hydrogen (secondary N) is 1. The highest BCUT2D eigenvalue weighted by atomic mass is 32.2. The maximum absolute atomic E-state index is 12.7. The van der Waals surface area contributed by atoms with Crippen LogP contribution in [0.4, 0.5) is 5.69 Å². The van der Waals surface area contributed by atoms with Gasteiger partial charge in [-0.2, -0.15) is 0 Å². The second-order valence-electron chi connectivity index (χ2n) is 6.41. The fourth-order valence-electron chi connectivity index (χ4n) is 2.51. The van der Waals surface area contributed by atoms with Crippen LogP contribution in [0.5, 0.6) is 0 Å². The van der Waals surface area contributed by atoms with Gasteiger partial charge in [0, 0.05) is 18.3 Å². The third-order valence-electron chi connectivity index (χ3n) is 4.07. The molecule has 150 valence electrons. The van der Waals surface area contributed by atoms with E-state index >= 15 is 0 Å². The van der Waals surface area contributed by atoms with Crippen molar-refractivity contribution in [1.29, 1.82) is 0 Å². The van der Waals surface area contributed by atoms with Crippen LogP contribution in [0, 0.1) is 13.8 Å². The summed E-state index contributed by atoms with van der Waals surface area (Å²) in [6, 6.07) is 11.2. The molecule has 0 spiro atoms. The van der Waals surface area contributed by atoms with Gasteiger partial charge in [-0.05, 0) is 50.6 Å². The molecular weight excluding hydrogens is 380 g/mol. The summed E-state index contributed by atoms with van der Waals surface area (Å²) in [7, 11) is -2.41. The first-order chi connectivity index (χ1) is 13.1. The Hall–Kier alpha value is -2.87. The van der Waals surface area contributed by atoms with Crippen LogP contribution in [0.1, 0.15) is 28.4 Å². The van der Waals surface area contributed by atoms with Crippen molar-refractivity contribution in [3.05, 3.63) is 59.2 Å². The molecular formula is C20H24N2O5S. The van der Waals surface area contributed by atoms with Crippen molar-refractivity contribution in [3.8, 4) is 0 Å². The van der Waals surface area contributed by atoms with E-state index in [0.29, 0.717) is 11.3 Å². The van der Waals surface area contributed by atoms with Gasteiger partial charge in [0.2, 0.25) is 0 Å². The lowest BCUT2D eigenvalue weighted by Gasteiger charge is -2.18. The number of benzene rings is 2. The van der Waals surface area contributed by atoms with Crippen LogP contribution in [0.2, 0.25) is 0 Å². The molecule has 0 saturated heterocycles. The number of amides is 1. The Labute approximate surface area is 165 Å². The molecule has 0 radical (unpaired) electrons. The van der Waals surface area contributed by atoms with Crippen LogP contribution < -0.4 is 4.72 Å². The molecule has 0 saturated carbocycles. The Kier molecular flexibility index (Phi) is 6.80. The van der Waals surface area contributed by atoms with Crippen molar-refractivity contribution in [2.24, 2.45) is 0 Å². The van der Waals surface area contributed by atoms with Crippen LogP contribution >= 0.6 is 0 Å². The lowest BCUT2D eigenvalue weighted by molar-refractivity contribution is -0.143. The Morgan fingerprint density at radius 2 is 1.71 bits per heavy atom. The summed E-state index contributed by atoms with van der Waals surface area (Å²) in [4.78, 5) is 25.5. The second kappa shape index (κ2) is 8.88. The highest BCUT2D eigenvalue weighted by Gasteiger charge is 2.21. The Morgan fingerprint density at radius 3 is 2.32 bits per heavy atom. The summed E-state index contributed by atoms with van der Waals surface area (Å²) in [6.07, 6.45) is 0. The lowest BCUT2D eigenvalue weighted by Crippen LogP contribution is -2.33. The van der Waals surface area contributed by atoms with E-state index in [1.807, 2.05) is 6.92 Å². The average Bonchev–Trinajstić information content (AvgIpc) is 2.63. The number of esters is 1. The predicted octanol–water partition coefficient (Wildman–Crippen LogP) is 2.74. The molecule has 0 unspecified atom stereocenters. The number of hydrogen-bond acceptors (Lipinski definition) is 5. The molecule has 28 heavy (non-hydrogen) atoms. The van der Waals surface area contributed by atoms with Gasteiger partial charge in [0.15, 0.2) is 0 Å². The fourth-order valence-corrected chi connectivity index (χ4v) is 3.60. The number of anilines is 1. The minimum Gasteiger partial charge on any atom is -0.465 e. The van der Waals surface area contributed by atoms with Crippen molar-refractivity contribution in [2.75, 3.05) is 24.9 Å². The number of rotatable bonds is 7. The molecule has 0 fully saturated rings. The van der Waals surface area contributed by atoms with E-state index in [1.165, 1.54) is 24.1 Å². The largest absolute Gasteiger partial charge is 0.465 e. The molecule has 2 aromatic carbocycles. The summed E-state index contributed by atoms with van der Waals surface area (Å²) < 4.78 is 32.7. The second-order valence-corrected chi connectivity index (χ2v) is 8.10. The summed E-state index contributed by atoms with van der Waals surface area (Å²) >= 11 is 0. The van der Waals surface area contributed by atoms with Crippen molar-refractivity contribution in [1.82, 2.24) is 4.90 Å². The van der Waals surface area contributed by atoms with Crippen molar-refractivity contribution >= 4 is 27.6 Å². The number of ether oxygens (including phenoxy) is 1. The van der Waals surface area contributed by atoms with Crippen LogP contribution in [-0.4, -0.2) is 45.4 Å². The monoisotopic (exact) mass is 404 g/mol. The molecule has 1 N–H and O–H groups in total. The first-order valence-electron chi connectivity index (χ1n) is 8.75. The van der Waals surface area contributed by atoms with E-state index < -0.39 is 21.9 Å². The van der Waals surface area contributed by atoms with Gasteiger partial charge in [0.05, 0.1) is 11.5 Å². The zero-order valence-corrected chi connectivity index (χ0v) is 17.2. The molecule has 0 aliphatic heterocycles. The standard InChI is InChI=1S/C20H24N2O5S/c1-5-27-19(23)13-22(4)20(24)18-12-17(11-8-15(18)3)28(25,26)21-16-9-6-14(2)7-10-16/h6-12,21H,5,13H2,1-4H3. The van der Waals surface area contributed by atoms with Gasteiger partial charge >= 0.3 is 5.97 Å². The summed E-state index contributed by atoms with van der Waals surface area (Å²) in [5.74, 6) is -0.987. The molecule has 0 aromatic heterocycles. The first kappa shape index (κ1) is 21.4. The summed E-state index contributed by atoms with van der Waals surface area (Å²) in [5.41, 5.74) is 2.25. The van der Waals surface area contributed by atoms with Gasteiger partial charge in [-0.1, -0.05) is 23.8 Å². The zero-order valence-electron chi connectivity index (χ0n) is 16.4. The quantitative estimate of drug-likeness (QED) is 0.717. The predicted molar refractivity (Wildman–Crippen MR) is 107 cm³/mol. The van der Waals surface area contributed by atoms with Crippen LogP contribution in [0.3, 0.4) is 0 Å². The van der Waals surface area contributed by atoms with Gasteiger partial charge in [0.25, 0.3) is 15.9 Å². The average molecular weight is 404 g/mol. The number of carbonyl (C=O) groups is 2. The smallest absolute Gasteiger partial charge is 0.325 e. The molecule has 0 aliphatic rings. The molecule has 0 aliphatic carbocycles. The molecule has 1 amide bonds. The Morgan fingerprint density at radius 1 is 1.07 bits per heavy atom. The Bertz CT molecular complexity index is 969. The van der Waals surface area contributed by atoms with E-state index in [2.05, 4.69) is 4.72 Å². The normalized spacial score (nSPS) is 11.0. The van der Waals surface area contributed by atoms with Gasteiger partial charge in [-0.15, -0.1) is 0 Å². The fraction of sp³-hybridized carbons (Fsp3) is 0.300. The number of aryl methyl sites for hydroxylation is 2. The molecule has 0 heterocycles. The third kappa shape index (κ3) is 5.32. The lowest BCUT2D eigenvalue weighted by atomic mass is 10.1. The Balaban J connectivity index is 2.27. The van der Waals surface area contributed by atoms with Gasteiger partial charge in [0.1, 0.15) is 6.54 Å². The molecule has 0 bridgehead atoms. The molecule has 2 aromatic rings. The summed E-state index contributed by atoms with van der Waals surface area (Å²) in [5, 5.41) is 0. The van der Waals surface area contributed by atoms with E-state index in [9.17, 15) is 18.0 Å². The van der Waals surface area contributed by atoms with E-state index in [0.717, 1.165) is 5.56 Å². The topological polar surface area (TPSA) is 92.8 Å².